The molecule has 0 bridgehead atoms. The van der Waals surface area contributed by atoms with Gasteiger partial charge in [-0.05, 0) is 59.9 Å². The minimum absolute atomic E-state index is 0.146. The van der Waals surface area contributed by atoms with Gasteiger partial charge in [0.15, 0.2) is 11.5 Å². The second kappa shape index (κ2) is 12.0. The third-order valence-electron chi connectivity index (χ3n) is 5.61. The van der Waals surface area contributed by atoms with Crippen LogP contribution < -0.4 is 24.3 Å². The van der Waals surface area contributed by atoms with E-state index in [2.05, 4.69) is 25.2 Å². The van der Waals surface area contributed by atoms with Gasteiger partial charge in [-0.25, -0.2) is 0 Å². The van der Waals surface area contributed by atoms with E-state index in [1.54, 1.807) is 33.5 Å². The molecule has 180 valence electrons. The third kappa shape index (κ3) is 6.22. The van der Waals surface area contributed by atoms with E-state index >= 15 is 0 Å². The molecule has 1 amide bonds. The molecule has 0 saturated heterocycles. The monoisotopic (exact) mass is 463 g/mol. The van der Waals surface area contributed by atoms with E-state index in [0.29, 0.717) is 48.3 Å². The van der Waals surface area contributed by atoms with Crippen molar-refractivity contribution in [2.24, 2.45) is 0 Å². The van der Waals surface area contributed by atoms with Crippen molar-refractivity contribution in [1.82, 2.24) is 5.32 Å². The van der Waals surface area contributed by atoms with Crippen molar-refractivity contribution in [2.75, 3.05) is 27.9 Å². The molecule has 0 aliphatic heterocycles. The van der Waals surface area contributed by atoms with Crippen molar-refractivity contribution in [3.63, 3.8) is 0 Å². The second-order valence-corrected chi connectivity index (χ2v) is 8.20. The zero-order valence-electron chi connectivity index (χ0n) is 20.5. The summed E-state index contributed by atoms with van der Waals surface area (Å²) in [5.74, 6) is 3.07. The molecule has 0 radical (unpaired) electrons. The van der Waals surface area contributed by atoms with Crippen LogP contribution in [0.15, 0.2) is 60.7 Å². The fourth-order valence-electron chi connectivity index (χ4n) is 3.74. The molecular formula is C28H33NO5. The summed E-state index contributed by atoms with van der Waals surface area (Å²) in [6.07, 6.45) is 0.671. The van der Waals surface area contributed by atoms with Gasteiger partial charge in [0, 0.05) is 17.7 Å². The summed E-state index contributed by atoms with van der Waals surface area (Å²) in [5, 5.41) is 2.98. The normalized spacial score (nSPS) is 10.6. The van der Waals surface area contributed by atoms with E-state index in [1.807, 2.05) is 42.5 Å². The second-order valence-electron chi connectivity index (χ2n) is 8.20. The van der Waals surface area contributed by atoms with Gasteiger partial charge in [0.25, 0.3) is 5.91 Å². The Morgan fingerprint density at radius 1 is 0.824 bits per heavy atom. The number of para-hydroxylation sites is 1. The summed E-state index contributed by atoms with van der Waals surface area (Å²) in [5.41, 5.74) is 3.56. The minimum Gasteiger partial charge on any atom is -0.496 e. The van der Waals surface area contributed by atoms with Crippen LogP contribution in [-0.4, -0.2) is 33.8 Å². The Morgan fingerprint density at radius 2 is 1.53 bits per heavy atom. The minimum atomic E-state index is -0.146. The maximum absolute atomic E-state index is 12.8. The molecule has 3 aromatic rings. The van der Waals surface area contributed by atoms with Gasteiger partial charge < -0.3 is 24.3 Å². The largest absolute Gasteiger partial charge is 0.496 e. The molecule has 0 atom stereocenters. The lowest BCUT2D eigenvalue weighted by molar-refractivity contribution is 0.0954. The first-order chi connectivity index (χ1) is 16.5. The number of carbonyl (C=O) groups excluding carboxylic acids is 1. The molecule has 3 aromatic carbocycles. The summed E-state index contributed by atoms with van der Waals surface area (Å²) >= 11 is 0. The first-order valence-electron chi connectivity index (χ1n) is 11.3. The van der Waals surface area contributed by atoms with E-state index < -0.39 is 0 Å². The highest BCUT2D eigenvalue weighted by Crippen LogP contribution is 2.29. The average molecular weight is 464 g/mol. The van der Waals surface area contributed by atoms with Crippen LogP contribution in [0.1, 0.15) is 46.8 Å². The summed E-state index contributed by atoms with van der Waals surface area (Å²) < 4.78 is 22.2. The first-order valence-corrected chi connectivity index (χ1v) is 11.3. The van der Waals surface area contributed by atoms with E-state index in [1.165, 1.54) is 0 Å². The standard InChI is InChI=1S/C28H33NO5/c1-19(2)23-8-6-7-9-25(23)34-18-22-17-21(11-13-24(22)31-3)28(30)29-15-14-20-10-12-26(32-4)27(16-20)33-5/h6-13,16-17,19H,14-15,18H2,1-5H3,(H,29,30). The molecular weight excluding hydrogens is 430 g/mol. The molecule has 0 aromatic heterocycles. The van der Waals surface area contributed by atoms with Crippen LogP contribution in [0.5, 0.6) is 23.0 Å². The highest BCUT2D eigenvalue weighted by atomic mass is 16.5. The number of nitrogens with one attached hydrogen (secondary N) is 1. The lowest BCUT2D eigenvalue weighted by atomic mass is 10.0. The van der Waals surface area contributed by atoms with Crippen LogP contribution in [0.2, 0.25) is 0 Å². The molecule has 0 aliphatic rings. The number of rotatable bonds is 11. The van der Waals surface area contributed by atoms with Crippen LogP contribution in [0.25, 0.3) is 0 Å². The Morgan fingerprint density at radius 3 is 2.24 bits per heavy atom. The number of benzene rings is 3. The Hall–Kier alpha value is -3.67. The van der Waals surface area contributed by atoms with E-state index in [-0.39, 0.29) is 5.91 Å². The molecule has 6 heteroatoms. The Labute approximate surface area is 201 Å². The predicted molar refractivity (Wildman–Crippen MR) is 133 cm³/mol. The fraction of sp³-hybridized carbons (Fsp3) is 0.321. The van der Waals surface area contributed by atoms with Crippen LogP contribution in [-0.2, 0) is 13.0 Å². The van der Waals surface area contributed by atoms with E-state index in [9.17, 15) is 4.79 Å². The van der Waals surface area contributed by atoms with Gasteiger partial charge in [-0.2, -0.15) is 0 Å². The summed E-state index contributed by atoms with van der Waals surface area (Å²) in [6, 6.07) is 19.1. The van der Waals surface area contributed by atoms with Crippen molar-refractivity contribution in [3.8, 4) is 23.0 Å². The van der Waals surface area contributed by atoms with E-state index in [0.717, 1.165) is 22.4 Å². The van der Waals surface area contributed by atoms with Crippen LogP contribution >= 0.6 is 0 Å². The van der Waals surface area contributed by atoms with Gasteiger partial charge in [-0.3, -0.25) is 4.79 Å². The molecule has 0 fully saturated rings. The first kappa shape index (κ1) is 25.0. The topological polar surface area (TPSA) is 66.0 Å². The van der Waals surface area contributed by atoms with Crippen molar-refractivity contribution in [3.05, 3.63) is 82.9 Å². The Kier molecular flexibility index (Phi) is 8.79. The number of methoxy groups -OCH3 is 3. The molecule has 1 N–H and O–H groups in total. The SMILES string of the molecule is COc1ccc(C(=O)NCCc2ccc(OC)c(OC)c2)cc1COc1ccccc1C(C)C. The van der Waals surface area contributed by atoms with Crippen molar-refractivity contribution in [1.29, 1.82) is 0 Å². The van der Waals surface area contributed by atoms with Gasteiger partial charge in [0.05, 0.1) is 21.3 Å². The molecule has 3 rings (SSSR count). The zero-order chi connectivity index (χ0) is 24.5. The number of hydrogen-bond acceptors (Lipinski definition) is 5. The number of hydrogen-bond donors (Lipinski definition) is 1. The quantitative estimate of drug-likeness (QED) is 0.413. The van der Waals surface area contributed by atoms with Crippen LogP contribution in [0.3, 0.4) is 0 Å². The highest BCUT2D eigenvalue weighted by Gasteiger charge is 2.13. The number of amides is 1. The third-order valence-corrected chi connectivity index (χ3v) is 5.61. The van der Waals surface area contributed by atoms with Gasteiger partial charge in [-0.1, -0.05) is 38.1 Å². The molecule has 6 nitrogen and oxygen atoms in total. The van der Waals surface area contributed by atoms with Crippen LogP contribution in [0.4, 0.5) is 0 Å². The van der Waals surface area contributed by atoms with Gasteiger partial charge in [0.1, 0.15) is 18.1 Å². The summed E-state index contributed by atoms with van der Waals surface area (Å²) in [4.78, 5) is 12.8. The van der Waals surface area contributed by atoms with Crippen LogP contribution in [0, 0.1) is 0 Å². The summed E-state index contributed by atoms with van der Waals surface area (Å²) in [6.45, 7) is 5.07. The van der Waals surface area contributed by atoms with Crippen molar-refractivity contribution < 1.29 is 23.7 Å². The molecule has 0 heterocycles. The van der Waals surface area contributed by atoms with Crippen molar-refractivity contribution in [2.45, 2.75) is 32.8 Å². The lowest BCUT2D eigenvalue weighted by Gasteiger charge is -2.16. The molecule has 34 heavy (non-hydrogen) atoms. The van der Waals surface area contributed by atoms with Gasteiger partial charge in [-0.15, -0.1) is 0 Å². The lowest BCUT2D eigenvalue weighted by Crippen LogP contribution is -2.25. The highest BCUT2D eigenvalue weighted by molar-refractivity contribution is 5.94. The fourth-order valence-corrected chi connectivity index (χ4v) is 3.74. The van der Waals surface area contributed by atoms with E-state index in [4.69, 9.17) is 18.9 Å². The zero-order valence-corrected chi connectivity index (χ0v) is 20.5. The maximum Gasteiger partial charge on any atom is 0.251 e. The summed E-state index contributed by atoms with van der Waals surface area (Å²) in [7, 11) is 4.83. The Bertz CT molecular complexity index is 1110. The molecule has 0 saturated carbocycles. The average Bonchev–Trinajstić information content (AvgIpc) is 2.87. The smallest absolute Gasteiger partial charge is 0.251 e. The van der Waals surface area contributed by atoms with Crippen molar-refractivity contribution >= 4 is 5.91 Å². The van der Waals surface area contributed by atoms with Gasteiger partial charge >= 0.3 is 0 Å². The van der Waals surface area contributed by atoms with Gasteiger partial charge in [0.2, 0.25) is 0 Å². The number of carbonyl (C=O) groups is 1. The predicted octanol–water partition coefficient (Wildman–Crippen LogP) is 5.39. The maximum atomic E-state index is 12.8. The molecule has 0 aliphatic carbocycles. The molecule has 0 unspecified atom stereocenters. The Balaban J connectivity index is 1.65. The number of ether oxygens (including phenoxy) is 4. The molecule has 0 spiro atoms.